The van der Waals surface area contributed by atoms with Gasteiger partial charge in [-0.05, 0) is 87.5 Å². The number of aliphatic hydroxyl groups is 2. The number of hydrogen-bond donors (Lipinski definition) is 6. The molecule has 78 heavy (non-hydrogen) atoms. The van der Waals surface area contributed by atoms with E-state index < -0.39 is 29.3 Å². The summed E-state index contributed by atoms with van der Waals surface area (Å²) in [4.78, 5) is 37.1. The van der Waals surface area contributed by atoms with E-state index >= 15 is 0 Å². The highest BCUT2D eigenvalue weighted by Crippen LogP contribution is 2.42. The second-order valence-corrected chi connectivity index (χ2v) is 17.9. The Balaban J connectivity index is 0.000000261. The quantitative estimate of drug-likeness (QED) is 0.0216. The largest absolute Gasteiger partial charge is 0.497 e. The maximum Gasteiger partial charge on any atom is 0.407 e. The number of methoxy groups -OCH3 is 4. The van der Waals surface area contributed by atoms with Gasteiger partial charge in [-0.2, -0.15) is 0 Å². The Kier molecular flexibility index (Phi) is 23.1. The fourth-order valence-electron chi connectivity index (χ4n) is 8.65. The third-order valence-corrected chi connectivity index (χ3v) is 12.8. The van der Waals surface area contributed by atoms with Crippen LogP contribution in [-0.2, 0) is 41.5 Å². The van der Waals surface area contributed by atoms with Gasteiger partial charge >= 0.3 is 12.1 Å². The highest BCUT2D eigenvalue weighted by Gasteiger charge is 2.39. The molecule has 7 aromatic rings. The van der Waals surface area contributed by atoms with E-state index in [1.54, 1.807) is 28.4 Å². The number of amides is 2. The number of rotatable bonds is 27. The number of benzene rings is 7. The molecule has 0 saturated carbocycles. The molecule has 0 aliphatic heterocycles. The lowest BCUT2D eigenvalue weighted by Gasteiger charge is -2.37. The second kappa shape index (κ2) is 30.5. The molecule has 0 aromatic heterocycles. The monoisotopic (exact) mass is 1060 g/mol. The predicted octanol–water partition coefficient (Wildman–Crippen LogP) is 7.64. The molecule has 0 bridgehead atoms. The van der Waals surface area contributed by atoms with Gasteiger partial charge in [-0.25, -0.2) is 4.79 Å². The summed E-state index contributed by atoms with van der Waals surface area (Å²) in [5, 5.41) is 28.3. The van der Waals surface area contributed by atoms with Crippen LogP contribution in [0.4, 0.5) is 4.79 Å². The average molecular weight is 1060 g/mol. The highest BCUT2D eigenvalue weighted by atomic mass is 16.5. The van der Waals surface area contributed by atoms with Gasteiger partial charge < -0.3 is 59.7 Å². The van der Waals surface area contributed by atoms with Crippen molar-refractivity contribution >= 4 is 18.0 Å². The van der Waals surface area contributed by atoms with Crippen molar-refractivity contribution in [2.24, 2.45) is 5.73 Å². The molecule has 7 aromatic carbocycles. The van der Waals surface area contributed by atoms with Crippen molar-refractivity contribution in [1.29, 1.82) is 0 Å². The van der Waals surface area contributed by atoms with Gasteiger partial charge in [0.2, 0.25) is 5.91 Å². The molecule has 0 unspecified atom stereocenters. The Morgan fingerprint density at radius 2 is 0.923 bits per heavy atom. The first-order chi connectivity index (χ1) is 38.0. The number of hydrogen-bond acceptors (Lipinski definition) is 14. The normalized spacial score (nSPS) is 11.9. The molecule has 16 nitrogen and oxygen atoms in total. The van der Waals surface area contributed by atoms with Crippen LogP contribution in [0.25, 0.3) is 0 Å². The number of carbonyl (C=O) groups excluding carboxylic acids is 3. The average Bonchev–Trinajstić information content (AvgIpc) is 3.56. The van der Waals surface area contributed by atoms with Crippen molar-refractivity contribution in [2.75, 3.05) is 68.0 Å². The summed E-state index contributed by atoms with van der Waals surface area (Å²) in [6, 6.07) is 58.8. The zero-order valence-corrected chi connectivity index (χ0v) is 44.5. The molecule has 0 aliphatic rings. The predicted molar refractivity (Wildman–Crippen MR) is 297 cm³/mol. The SMILES string of the molecule is COc1ccc(C(NCCC(=O)OC[C@H](N)CO)(c2ccccc2)c2ccc(OC)cc2)cc1.COc1ccc(C(OC[C@@H](CO)NC(=O)CCNC(=O)OCc2ccccc2)(c2ccccc2)c2ccc(OC)cc2)cc1. The molecule has 0 heterocycles. The molecule has 16 heteroatoms. The number of esters is 1. The summed E-state index contributed by atoms with van der Waals surface area (Å²) < 4.78 is 38.6. The topological polar surface area (TPSA) is 218 Å². The lowest BCUT2D eigenvalue weighted by Crippen LogP contribution is -2.45. The Labute approximate surface area is 456 Å². The van der Waals surface area contributed by atoms with Gasteiger partial charge in [0.25, 0.3) is 0 Å². The minimum Gasteiger partial charge on any atom is -0.497 e. The van der Waals surface area contributed by atoms with E-state index in [0.29, 0.717) is 18.0 Å². The van der Waals surface area contributed by atoms with Crippen molar-refractivity contribution < 1.29 is 57.8 Å². The first-order valence-electron chi connectivity index (χ1n) is 25.5. The number of nitrogens with one attached hydrogen (secondary N) is 3. The van der Waals surface area contributed by atoms with Crippen LogP contribution in [0.2, 0.25) is 0 Å². The van der Waals surface area contributed by atoms with E-state index in [0.717, 1.165) is 50.4 Å². The molecular formula is C62H70N4O12. The van der Waals surface area contributed by atoms with Gasteiger partial charge in [-0.1, -0.05) is 140 Å². The number of carbonyl (C=O) groups is 3. The minimum absolute atomic E-state index is 0.00226. The summed E-state index contributed by atoms with van der Waals surface area (Å²) >= 11 is 0. The molecule has 2 amide bonds. The Morgan fingerprint density at radius 3 is 1.37 bits per heavy atom. The number of ether oxygens (including phenoxy) is 7. The van der Waals surface area contributed by atoms with E-state index in [2.05, 4.69) is 28.1 Å². The third kappa shape index (κ3) is 16.1. The Bertz CT molecular complexity index is 2770. The van der Waals surface area contributed by atoms with Gasteiger partial charge in [-0.3, -0.25) is 14.9 Å². The van der Waals surface area contributed by atoms with Crippen LogP contribution in [0.15, 0.2) is 188 Å². The Hall–Kier alpha value is -8.25. The maximum absolute atomic E-state index is 12.8. The molecule has 0 spiro atoms. The first-order valence-corrected chi connectivity index (χ1v) is 25.5. The van der Waals surface area contributed by atoms with Crippen LogP contribution < -0.4 is 40.6 Å². The first kappa shape index (κ1) is 59.0. The zero-order valence-electron chi connectivity index (χ0n) is 44.5. The number of aliphatic hydroxyl groups excluding tert-OH is 2. The van der Waals surface area contributed by atoms with Crippen LogP contribution in [0.1, 0.15) is 51.8 Å². The van der Waals surface area contributed by atoms with Crippen LogP contribution in [-0.4, -0.2) is 108 Å². The fourth-order valence-corrected chi connectivity index (χ4v) is 8.65. The van der Waals surface area contributed by atoms with E-state index in [1.165, 1.54) is 0 Å². The van der Waals surface area contributed by atoms with Crippen molar-refractivity contribution in [1.82, 2.24) is 16.0 Å². The van der Waals surface area contributed by atoms with Gasteiger partial charge in [0.1, 0.15) is 41.8 Å². The maximum atomic E-state index is 12.8. The van der Waals surface area contributed by atoms with E-state index in [9.17, 15) is 19.5 Å². The summed E-state index contributed by atoms with van der Waals surface area (Å²) in [6.45, 7) is -0.0670. The zero-order chi connectivity index (χ0) is 55.6. The molecule has 410 valence electrons. The van der Waals surface area contributed by atoms with Gasteiger partial charge in [0.05, 0.1) is 72.3 Å². The summed E-state index contributed by atoms with van der Waals surface area (Å²) in [5.74, 6) is 2.17. The van der Waals surface area contributed by atoms with E-state index in [-0.39, 0.29) is 64.3 Å². The molecule has 2 atom stereocenters. The van der Waals surface area contributed by atoms with E-state index in [4.69, 9.17) is 44.0 Å². The van der Waals surface area contributed by atoms with Crippen molar-refractivity contribution in [2.45, 2.75) is 42.7 Å². The Morgan fingerprint density at radius 1 is 0.500 bits per heavy atom. The molecule has 7 N–H and O–H groups in total. The minimum atomic E-state index is -1.10. The molecule has 0 saturated heterocycles. The van der Waals surface area contributed by atoms with Crippen LogP contribution >= 0.6 is 0 Å². The molecule has 0 aliphatic carbocycles. The highest BCUT2D eigenvalue weighted by molar-refractivity contribution is 5.77. The lowest BCUT2D eigenvalue weighted by atomic mass is 9.77. The van der Waals surface area contributed by atoms with E-state index in [1.807, 2.05) is 176 Å². The van der Waals surface area contributed by atoms with Crippen molar-refractivity contribution in [3.8, 4) is 23.0 Å². The van der Waals surface area contributed by atoms with Gasteiger partial charge in [-0.15, -0.1) is 0 Å². The standard InChI is InChI=1S/C35H38N2O7.C27H32N2O5/c1-41-31-17-13-28(14-18-31)35(27-11-7-4-8-12-27,29-15-19-32(42-2)20-16-29)44-25-30(23-38)37-33(39)21-22-36-34(40)43-24-26-9-5-3-6-10-26;1-32-24-12-8-21(9-13-24)27(20-6-4-3-5-7-20,22-10-14-25(33-2)15-11-22)29-17-16-26(31)34-19-23(28)18-30/h3-20,30,38H,21-25H2,1-2H3,(H,36,40)(H,37,39);3-15,23,29-30H,16-19,28H2,1-2H3/t30-;23-/m11/s1. The molecular weight excluding hydrogens is 993 g/mol. The molecule has 7 rings (SSSR count). The molecule has 0 fully saturated rings. The fraction of sp³-hybridized carbons (Fsp3) is 0.274. The van der Waals surface area contributed by atoms with Crippen LogP contribution in [0.5, 0.6) is 23.0 Å². The number of nitrogens with two attached hydrogens (primary N) is 1. The van der Waals surface area contributed by atoms with Gasteiger partial charge in [0, 0.05) is 19.5 Å². The molecule has 0 radical (unpaired) electrons. The summed E-state index contributed by atoms with van der Waals surface area (Å²) in [5.41, 5.74) is 10.2. The summed E-state index contributed by atoms with van der Waals surface area (Å²) in [6.07, 6.45) is -0.480. The third-order valence-electron chi connectivity index (χ3n) is 12.8. The number of alkyl carbamates (subject to hydrolysis) is 1. The smallest absolute Gasteiger partial charge is 0.407 e. The van der Waals surface area contributed by atoms with Crippen molar-refractivity contribution in [3.05, 3.63) is 227 Å². The lowest BCUT2D eigenvalue weighted by molar-refractivity contribution is -0.144. The summed E-state index contributed by atoms with van der Waals surface area (Å²) in [7, 11) is 6.49. The second-order valence-electron chi connectivity index (χ2n) is 17.9. The van der Waals surface area contributed by atoms with Crippen molar-refractivity contribution in [3.63, 3.8) is 0 Å². The van der Waals surface area contributed by atoms with Gasteiger partial charge in [0.15, 0.2) is 0 Å². The van der Waals surface area contributed by atoms with Crippen LogP contribution in [0.3, 0.4) is 0 Å². The van der Waals surface area contributed by atoms with Crippen LogP contribution in [0, 0.1) is 0 Å².